The van der Waals surface area contributed by atoms with Crippen LogP contribution in [0.4, 0.5) is 13.2 Å². The van der Waals surface area contributed by atoms with Gasteiger partial charge in [0.1, 0.15) is 0 Å². The summed E-state index contributed by atoms with van der Waals surface area (Å²) in [6.07, 6.45) is -4.33. The second-order valence-corrected chi connectivity index (χ2v) is 3.85. The molecular formula is C11H14F3N. The molecule has 0 aliphatic heterocycles. The standard InChI is InChI=1S/C11H14F3N/c1-7(2)10(15)8-5-3-4-6-9(8)11(12,13)14/h3-7,10H,15H2,1-2H3. The van der Waals surface area contributed by atoms with Gasteiger partial charge in [-0.25, -0.2) is 0 Å². The van der Waals surface area contributed by atoms with Gasteiger partial charge in [-0.15, -0.1) is 0 Å². The molecule has 0 aliphatic carbocycles. The van der Waals surface area contributed by atoms with Gasteiger partial charge in [-0.1, -0.05) is 32.0 Å². The first kappa shape index (κ1) is 12.0. The first-order chi connectivity index (χ1) is 6.84. The van der Waals surface area contributed by atoms with E-state index in [0.717, 1.165) is 6.07 Å². The average molecular weight is 217 g/mol. The molecule has 2 N–H and O–H groups in total. The van der Waals surface area contributed by atoms with Crippen LogP contribution in [0, 0.1) is 5.92 Å². The van der Waals surface area contributed by atoms with Gasteiger partial charge in [-0.3, -0.25) is 0 Å². The van der Waals surface area contributed by atoms with Crippen molar-refractivity contribution in [2.45, 2.75) is 26.1 Å². The molecule has 0 saturated carbocycles. The number of rotatable bonds is 2. The zero-order chi connectivity index (χ0) is 11.6. The summed E-state index contributed by atoms with van der Waals surface area (Å²) >= 11 is 0. The molecule has 0 fully saturated rings. The van der Waals surface area contributed by atoms with Crippen molar-refractivity contribution in [3.63, 3.8) is 0 Å². The molecule has 0 radical (unpaired) electrons. The quantitative estimate of drug-likeness (QED) is 0.807. The molecule has 0 amide bonds. The van der Waals surface area contributed by atoms with Crippen LogP contribution in [-0.2, 0) is 6.18 Å². The topological polar surface area (TPSA) is 26.0 Å². The van der Waals surface area contributed by atoms with Gasteiger partial charge in [0.2, 0.25) is 0 Å². The molecule has 1 rings (SSSR count). The van der Waals surface area contributed by atoms with Gasteiger partial charge in [0, 0.05) is 6.04 Å². The SMILES string of the molecule is CC(C)C(N)c1ccccc1C(F)(F)F. The highest BCUT2D eigenvalue weighted by molar-refractivity contribution is 5.32. The second-order valence-electron chi connectivity index (χ2n) is 3.85. The first-order valence-corrected chi connectivity index (χ1v) is 4.75. The fourth-order valence-electron chi connectivity index (χ4n) is 1.40. The largest absolute Gasteiger partial charge is 0.416 e. The third kappa shape index (κ3) is 2.72. The molecule has 0 spiro atoms. The van der Waals surface area contributed by atoms with E-state index in [4.69, 9.17) is 5.73 Å². The molecule has 0 bridgehead atoms. The first-order valence-electron chi connectivity index (χ1n) is 4.75. The third-order valence-electron chi connectivity index (χ3n) is 2.34. The van der Waals surface area contributed by atoms with Crippen LogP contribution in [0.5, 0.6) is 0 Å². The summed E-state index contributed by atoms with van der Waals surface area (Å²) in [5.74, 6) is -0.0199. The van der Waals surface area contributed by atoms with Gasteiger partial charge in [0.15, 0.2) is 0 Å². The molecule has 0 saturated heterocycles. The van der Waals surface area contributed by atoms with E-state index in [1.807, 2.05) is 0 Å². The number of alkyl halides is 3. The van der Waals surface area contributed by atoms with Crippen LogP contribution in [0.25, 0.3) is 0 Å². The monoisotopic (exact) mass is 217 g/mol. The summed E-state index contributed by atoms with van der Waals surface area (Å²) < 4.78 is 37.8. The Labute approximate surface area is 87.1 Å². The Kier molecular flexibility index (Phi) is 3.39. The van der Waals surface area contributed by atoms with Crippen LogP contribution < -0.4 is 5.73 Å². The summed E-state index contributed by atoms with van der Waals surface area (Å²) in [4.78, 5) is 0. The number of nitrogens with two attached hydrogens (primary N) is 1. The Morgan fingerprint density at radius 1 is 1.13 bits per heavy atom. The molecule has 1 aromatic rings. The third-order valence-corrected chi connectivity index (χ3v) is 2.34. The maximum Gasteiger partial charge on any atom is 0.416 e. The van der Waals surface area contributed by atoms with Crippen LogP contribution in [0.15, 0.2) is 24.3 Å². The maximum absolute atomic E-state index is 12.6. The number of benzene rings is 1. The van der Waals surface area contributed by atoms with Crippen molar-refractivity contribution in [2.24, 2.45) is 11.7 Å². The molecule has 84 valence electrons. The minimum atomic E-state index is -4.33. The van der Waals surface area contributed by atoms with E-state index < -0.39 is 17.8 Å². The highest BCUT2D eigenvalue weighted by Gasteiger charge is 2.34. The van der Waals surface area contributed by atoms with Crippen molar-refractivity contribution in [2.75, 3.05) is 0 Å². The van der Waals surface area contributed by atoms with E-state index in [1.54, 1.807) is 19.9 Å². The van der Waals surface area contributed by atoms with Crippen molar-refractivity contribution < 1.29 is 13.2 Å². The minimum absolute atomic E-state index is 0.0199. The van der Waals surface area contributed by atoms with Crippen LogP contribution in [0.1, 0.15) is 31.0 Å². The highest BCUT2D eigenvalue weighted by Crippen LogP contribution is 2.35. The molecule has 0 aliphatic rings. The lowest BCUT2D eigenvalue weighted by molar-refractivity contribution is -0.138. The van der Waals surface area contributed by atoms with E-state index in [2.05, 4.69) is 0 Å². The van der Waals surface area contributed by atoms with E-state index in [1.165, 1.54) is 12.1 Å². The zero-order valence-electron chi connectivity index (χ0n) is 8.68. The van der Waals surface area contributed by atoms with Crippen molar-refractivity contribution in [3.05, 3.63) is 35.4 Å². The van der Waals surface area contributed by atoms with Crippen molar-refractivity contribution in [3.8, 4) is 0 Å². The molecule has 1 atom stereocenters. The predicted molar refractivity (Wildman–Crippen MR) is 53.2 cm³/mol. The summed E-state index contributed by atoms with van der Waals surface area (Å²) in [5, 5.41) is 0. The van der Waals surface area contributed by atoms with Crippen LogP contribution in [0.2, 0.25) is 0 Å². The van der Waals surface area contributed by atoms with Crippen LogP contribution in [0.3, 0.4) is 0 Å². The normalized spacial score (nSPS) is 14.3. The smallest absolute Gasteiger partial charge is 0.324 e. The fourth-order valence-corrected chi connectivity index (χ4v) is 1.40. The van der Waals surface area contributed by atoms with E-state index in [-0.39, 0.29) is 11.5 Å². The zero-order valence-corrected chi connectivity index (χ0v) is 8.68. The lowest BCUT2D eigenvalue weighted by Gasteiger charge is -2.20. The maximum atomic E-state index is 12.6. The molecule has 1 unspecified atom stereocenters. The Bertz CT molecular complexity index is 331. The summed E-state index contributed by atoms with van der Waals surface area (Å²) in [6, 6.07) is 4.87. The molecule has 15 heavy (non-hydrogen) atoms. The lowest BCUT2D eigenvalue weighted by atomic mass is 9.93. The van der Waals surface area contributed by atoms with Gasteiger partial charge >= 0.3 is 6.18 Å². The average Bonchev–Trinajstić information content (AvgIpc) is 2.15. The number of halogens is 3. The Balaban J connectivity index is 3.18. The summed E-state index contributed by atoms with van der Waals surface area (Å²) in [6.45, 7) is 3.61. The van der Waals surface area contributed by atoms with Gasteiger partial charge in [0.05, 0.1) is 5.56 Å². The Hall–Kier alpha value is -1.03. The number of hydrogen-bond donors (Lipinski definition) is 1. The molecular weight excluding hydrogens is 203 g/mol. The van der Waals surface area contributed by atoms with Crippen LogP contribution >= 0.6 is 0 Å². The summed E-state index contributed by atoms with van der Waals surface area (Å²) in [7, 11) is 0. The van der Waals surface area contributed by atoms with Crippen molar-refractivity contribution >= 4 is 0 Å². The fraction of sp³-hybridized carbons (Fsp3) is 0.455. The van der Waals surface area contributed by atoms with Gasteiger partial charge < -0.3 is 5.73 Å². The molecule has 1 nitrogen and oxygen atoms in total. The molecule has 0 heterocycles. The predicted octanol–water partition coefficient (Wildman–Crippen LogP) is 3.36. The Morgan fingerprint density at radius 3 is 2.13 bits per heavy atom. The van der Waals surface area contributed by atoms with E-state index >= 15 is 0 Å². The highest BCUT2D eigenvalue weighted by atomic mass is 19.4. The lowest BCUT2D eigenvalue weighted by Crippen LogP contribution is -2.21. The molecule has 4 heteroatoms. The van der Waals surface area contributed by atoms with Crippen molar-refractivity contribution in [1.82, 2.24) is 0 Å². The van der Waals surface area contributed by atoms with Crippen molar-refractivity contribution in [1.29, 1.82) is 0 Å². The number of hydrogen-bond acceptors (Lipinski definition) is 1. The summed E-state index contributed by atoms with van der Waals surface area (Å²) in [5.41, 5.74) is 5.27. The van der Waals surface area contributed by atoms with Gasteiger partial charge in [-0.05, 0) is 17.5 Å². The minimum Gasteiger partial charge on any atom is -0.324 e. The van der Waals surface area contributed by atoms with E-state index in [9.17, 15) is 13.2 Å². The molecule has 0 aromatic heterocycles. The van der Waals surface area contributed by atoms with Gasteiger partial charge in [-0.2, -0.15) is 13.2 Å². The Morgan fingerprint density at radius 2 is 1.67 bits per heavy atom. The molecule has 1 aromatic carbocycles. The second kappa shape index (κ2) is 4.23. The van der Waals surface area contributed by atoms with Crippen LogP contribution in [-0.4, -0.2) is 0 Å². The van der Waals surface area contributed by atoms with E-state index in [0.29, 0.717) is 0 Å². The van der Waals surface area contributed by atoms with Gasteiger partial charge in [0.25, 0.3) is 0 Å².